The van der Waals surface area contributed by atoms with E-state index < -0.39 is 30.7 Å². The van der Waals surface area contributed by atoms with Crippen molar-refractivity contribution in [2.75, 3.05) is 18.0 Å². The molecule has 1 atom stereocenters. The third-order valence-corrected chi connectivity index (χ3v) is 6.01. The quantitative estimate of drug-likeness (QED) is 0.615. The van der Waals surface area contributed by atoms with Gasteiger partial charge in [-0.25, -0.2) is 18.7 Å². The van der Waals surface area contributed by atoms with Crippen LogP contribution in [-0.2, 0) is 4.79 Å². The van der Waals surface area contributed by atoms with Gasteiger partial charge >= 0.3 is 5.97 Å². The van der Waals surface area contributed by atoms with Crippen LogP contribution >= 0.6 is 11.6 Å². The Morgan fingerprint density at radius 2 is 2.10 bits per heavy atom. The van der Waals surface area contributed by atoms with Gasteiger partial charge in [0.2, 0.25) is 0 Å². The smallest absolute Gasteiger partial charge is 0.303 e. The largest absolute Gasteiger partial charge is 0.481 e. The number of aromatic nitrogens is 2. The summed E-state index contributed by atoms with van der Waals surface area (Å²) in [5, 5.41) is 10.5. The molecule has 1 aliphatic heterocycles. The van der Waals surface area contributed by atoms with Crippen molar-refractivity contribution in [1.29, 1.82) is 0 Å². The molecule has 0 spiro atoms. The zero-order valence-electron chi connectivity index (χ0n) is 16.3. The zero-order chi connectivity index (χ0) is 21.5. The summed E-state index contributed by atoms with van der Waals surface area (Å²) in [6.07, 6.45) is 0.405. The van der Waals surface area contributed by atoms with Gasteiger partial charge in [-0.05, 0) is 41.8 Å². The second kappa shape index (κ2) is 7.80. The highest BCUT2D eigenvalue weighted by molar-refractivity contribution is 6.31. The number of benzene rings is 2. The highest BCUT2D eigenvalue weighted by atomic mass is 35.5. The normalized spacial score (nSPS) is 18.5. The number of hydrogen-bond donors (Lipinski definition) is 1. The Morgan fingerprint density at radius 3 is 2.83 bits per heavy atom. The fourth-order valence-electron chi connectivity index (χ4n) is 3.98. The van der Waals surface area contributed by atoms with E-state index in [9.17, 15) is 13.6 Å². The number of halogens is 3. The number of nitrogens with zero attached hydrogens (tertiary/aromatic N) is 3. The number of fused-ring (bicyclic) bond motifs is 1. The van der Waals surface area contributed by atoms with Crippen LogP contribution in [0.3, 0.4) is 0 Å². The van der Waals surface area contributed by atoms with Crippen LogP contribution in [0.25, 0.3) is 22.0 Å². The van der Waals surface area contributed by atoms with E-state index in [2.05, 4.69) is 9.97 Å². The van der Waals surface area contributed by atoms with Gasteiger partial charge in [-0.2, -0.15) is 0 Å². The number of aryl methyl sites for hydroxylation is 1. The molecule has 156 valence electrons. The standard InChI is InChI=1S/C22H20ClF2N3O2/c1-13-9-14(5-6-17(13)23)16-3-2-4-18-20(16)21(27-12-26-18)28-8-7-22(24,25)15(11-28)10-19(29)30/h2-6,9,12,15H,7-8,10-11H2,1H3,(H,29,30). The lowest BCUT2D eigenvalue weighted by molar-refractivity contribution is -0.144. The van der Waals surface area contributed by atoms with Crippen molar-refractivity contribution in [3.05, 3.63) is 53.3 Å². The first kappa shape index (κ1) is 20.5. The highest BCUT2D eigenvalue weighted by Gasteiger charge is 2.45. The summed E-state index contributed by atoms with van der Waals surface area (Å²) in [4.78, 5) is 21.6. The third-order valence-electron chi connectivity index (χ3n) is 5.59. The first-order valence-corrected chi connectivity index (χ1v) is 9.99. The number of aliphatic carboxylic acids is 1. The molecular weight excluding hydrogens is 412 g/mol. The van der Waals surface area contributed by atoms with Crippen LogP contribution in [0.5, 0.6) is 0 Å². The molecule has 1 unspecified atom stereocenters. The molecule has 0 amide bonds. The van der Waals surface area contributed by atoms with Crippen molar-refractivity contribution in [3.63, 3.8) is 0 Å². The topological polar surface area (TPSA) is 66.3 Å². The van der Waals surface area contributed by atoms with E-state index in [4.69, 9.17) is 16.7 Å². The molecule has 3 aromatic rings. The van der Waals surface area contributed by atoms with Crippen molar-refractivity contribution >= 4 is 34.3 Å². The summed E-state index contributed by atoms with van der Waals surface area (Å²) in [7, 11) is 0. The van der Waals surface area contributed by atoms with E-state index in [1.165, 1.54) is 6.33 Å². The molecule has 30 heavy (non-hydrogen) atoms. The van der Waals surface area contributed by atoms with Crippen LogP contribution in [0.4, 0.5) is 14.6 Å². The lowest BCUT2D eigenvalue weighted by atomic mass is 9.90. The first-order chi connectivity index (χ1) is 14.3. The lowest BCUT2D eigenvalue weighted by Crippen LogP contribution is -2.48. The van der Waals surface area contributed by atoms with Crippen LogP contribution in [0.1, 0.15) is 18.4 Å². The molecule has 2 heterocycles. The molecule has 2 aromatic carbocycles. The van der Waals surface area contributed by atoms with Crippen LogP contribution in [0.15, 0.2) is 42.7 Å². The van der Waals surface area contributed by atoms with E-state index in [0.717, 1.165) is 22.1 Å². The van der Waals surface area contributed by atoms with Gasteiger partial charge in [0.05, 0.1) is 23.2 Å². The molecule has 5 nitrogen and oxygen atoms in total. The number of alkyl halides is 2. The molecule has 0 aliphatic carbocycles. The van der Waals surface area contributed by atoms with Gasteiger partial charge < -0.3 is 10.0 Å². The van der Waals surface area contributed by atoms with Crippen LogP contribution in [0, 0.1) is 12.8 Å². The Kier molecular flexibility index (Phi) is 5.32. The Labute approximate surface area is 177 Å². The van der Waals surface area contributed by atoms with Gasteiger partial charge in [-0.1, -0.05) is 29.8 Å². The van der Waals surface area contributed by atoms with E-state index >= 15 is 0 Å². The Bertz CT molecular complexity index is 1120. The van der Waals surface area contributed by atoms with Crippen LogP contribution in [0.2, 0.25) is 5.02 Å². The SMILES string of the molecule is Cc1cc(-c2cccc3ncnc(N4CCC(F)(F)C(CC(=O)O)C4)c23)ccc1Cl. The van der Waals surface area contributed by atoms with Gasteiger partial charge in [0.15, 0.2) is 0 Å². The summed E-state index contributed by atoms with van der Waals surface area (Å²) in [6, 6.07) is 11.4. The molecule has 0 radical (unpaired) electrons. The first-order valence-electron chi connectivity index (χ1n) is 9.61. The average molecular weight is 432 g/mol. The predicted molar refractivity (Wildman–Crippen MR) is 112 cm³/mol. The number of carbonyl (C=O) groups is 1. The highest BCUT2D eigenvalue weighted by Crippen LogP contribution is 2.40. The van der Waals surface area contributed by atoms with Gasteiger partial charge in [0.25, 0.3) is 5.92 Å². The molecule has 4 rings (SSSR count). The summed E-state index contributed by atoms with van der Waals surface area (Å²) >= 11 is 6.17. The van der Waals surface area contributed by atoms with Gasteiger partial charge in [-0.15, -0.1) is 0 Å². The summed E-state index contributed by atoms with van der Waals surface area (Å²) in [6.45, 7) is 1.92. The van der Waals surface area contributed by atoms with Crippen molar-refractivity contribution < 1.29 is 18.7 Å². The van der Waals surface area contributed by atoms with Crippen molar-refractivity contribution in [1.82, 2.24) is 9.97 Å². The Hall–Kier alpha value is -2.80. The number of piperidine rings is 1. The number of hydrogen-bond acceptors (Lipinski definition) is 4. The molecule has 0 saturated carbocycles. The molecule has 8 heteroatoms. The molecule has 1 aliphatic rings. The number of carboxylic acids is 1. The van der Waals surface area contributed by atoms with Crippen molar-refractivity contribution in [3.8, 4) is 11.1 Å². The minimum Gasteiger partial charge on any atom is -0.481 e. The van der Waals surface area contributed by atoms with Crippen LogP contribution < -0.4 is 4.90 Å². The van der Waals surface area contributed by atoms with Crippen LogP contribution in [-0.4, -0.2) is 40.1 Å². The summed E-state index contributed by atoms with van der Waals surface area (Å²) in [5.74, 6) is -4.99. The average Bonchev–Trinajstić information content (AvgIpc) is 2.70. The van der Waals surface area contributed by atoms with E-state index in [1.807, 2.05) is 43.3 Å². The second-order valence-corrected chi connectivity index (χ2v) is 8.02. The van der Waals surface area contributed by atoms with Gasteiger partial charge in [0, 0.05) is 24.5 Å². The zero-order valence-corrected chi connectivity index (χ0v) is 17.0. The Morgan fingerprint density at radius 1 is 1.30 bits per heavy atom. The van der Waals surface area contributed by atoms with Gasteiger partial charge in [0.1, 0.15) is 12.1 Å². The maximum Gasteiger partial charge on any atom is 0.303 e. The number of anilines is 1. The third kappa shape index (κ3) is 3.81. The van der Waals surface area contributed by atoms with E-state index in [1.54, 1.807) is 4.90 Å². The van der Waals surface area contributed by atoms with E-state index in [-0.39, 0.29) is 13.1 Å². The Balaban J connectivity index is 1.82. The molecule has 1 aromatic heterocycles. The maximum absolute atomic E-state index is 14.3. The molecule has 1 saturated heterocycles. The number of rotatable bonds is 4. The predicted octanol–water partition coefficient (Wildman–Crippen LogP) is 5.19. The summed E-state index contributed by atoms with van der Waals surface area (Å²) in [5.41, 5.74) is 3.40. The van der Waals surface area contributed by atoms with E-state index in [0.29, 0.717) is 16.4 Å². The fraction of sp³-hybridized carbons (Fsp3) is 0.318. The minimum absolute atomic E-state index is 0.0839. The van der Waals surface area contributed by atoms with Crippen molar-refractivity contribution in [2.24, 2.45) is 5.92 Å². The summed E-state index contributed by atoms with van der Waals surface area (Å²) < 4.78 is 28.6. The maximum atomic E-state index is 14.3. The van der Waals surface area contributed by atoms with Crippen molar-refractivity contribution in [2.45, 2.75) is 25.7 Å². The lowest BCUT2D eigenvalue weighted by Gasteiger charge is -2.38. The number of carboxylic acid groups (broad SMARTS) is 1. The minimum atomic E-state index is -3.02. The molecule has 1 fully saturated rings. The monoisotopic (exact) mass is 431 g/mol. The van der Waals surface area contributed by atoms with Gasteiger partial charge in [-0.3, -0.25) is 4.79 Å². The molecular formula is C22H20ClF2N3O2. The fourth-order valence-corrected chi connectivity index (χ4v) is 4.10. The second-order valence-electron chi connectivity index (χ2n) is 7.61. The molecule has 1 N–H and O–H groups in total. The molecule has 0 bridgehead atoms.